The quantitative estimate of drug-likeness (QED) is 0.319. The number of para-hydroxylation sites is 1. The predicted octanol–water partition coefficient (Wildman–Crippen LogP) is -0.885. The lowest BCUT2D eigenvalue weighted by atomic mass is 9.85. The van der Waals surface area contributed by atoms with Crippen molar-refractivity contribution in [3.05, 3.63) is 68.1 Å². The molecule has 0 radical (unpaired) electrons. The van der Waals surface area contributed by atoms with Crippen LogP contribution in [0.4, 0.5) is 0 Å². The molecule has 10 nitrogen and oxygen atoms in total. The predicted molar refractivity (Wildman–Crippen MR) is 105 cm³/mol. The number of nitrogens with zero attached hydrogens (tertiary/aromatic N) is 2. The van der Waals surface area contributed by atoms with Crippen LogP contribution in [0, 0.1) is 5.92 Å². The number of ether oxygens (including phenoxy) is 2. The number of pyridine rings is 1. The van der Waals surface area contributed by atoms with Gasteiger partial charge in [-0.25, -0.2) is 4.79 Å². The van der Waals surface area contributed by atoms with Gasteiger partial charge >= 0.3 is 5.97 Å². The number of rotatable bonds is 5. The van der Waals surface area contributed by atoms with Crippen molar-refractivity contribution < 1.29 is 33.1 Å². The Morgan fingerprint density at radius 3 is 2.84 bits per heavy atom. The molecule has 3 unspecified atom stereocenters. The van der Waals surface area contributed by atoms with Gasteiger partial charge in [-0.15, -0.1) is 0 Å². The van der Waals surface area contributed by atoms with E-state index in [4.69, 9.17) is 14.5 Å². The maximum absolute atomic E-state index is 13.3. The van der Waals surface area contributed by atoms with Crippen LogP contribution in [0.25, 0.3) is 6.08 Å². The highest BCUT2D eigenvalue weighted by atomic mass is 31.2. The van der Waals surface area contributed by atoms with Crippen molar-refractivity contribution in [1.29, 1.82) is 0 Å². The van der Waals surface area contributed by atoms with Crippen LogP contribution in [0.1, 0.15) is 36.2 Å². The second kappa shape index (κ2) is 7.47. The number of fused-ring (bicyclic) bond motifs is 5. The molecule has 0 fully saturated rings. The zero-order valence-corrected chi connectivity index (χ0v) is 17.9. The monoisotopic (exact) mass is 458 g/mol. The van der Waals surface area contributed by atoms with Crippen LogP contribution in [0.3, 0.4) is 0 Å². The smallest absolute Gasteiger partial charge is 0.343 e. The summed E-state index contributed by atoms with van der Waals surface area (Å²) in [5, 5.41) is 1.82. The summed E-state index contributed by atoms with van der Waals surface area (Å²) < 4.78 is 27.4. The summed E-state index contributed by atoms with van der Waals surface area (Å²) in [6.07, 6.45) is 2.13. The molecule has 0 bridgehead atoms. The number of hydrogen-bond acceptors (Lipinski definition) is 9. The van der Waals surface area contributed by atoms with Crippen molar-refractivity contribution in [2.24, 2.45) is 10.9 Å². The molecule has 0 saturated heterocycles. The molecule has 3 aliphatic rings. The molecule has 3 aliphatic heterocycles. The van der Waals surface area contributed by atoms with Crippen molar-refractivity contribution in [2.75, 3.05) is 6.79 Å². The van der Waals surface area contributed by atoms with E-state index in [1.165, 1.54) is 0 Å². The molecule has 1 aromatic heterocycles. The van der Waals surface area contributed by atoms with E-state index < -0.39 is 26.2 Å². The molecular weight excluding hydrogens is 439 g/mol. The fourth-order valence-electron chi connectivity index (χ4n) is 4.73. The van der Waals surface area contributed by atoms with Gasteiger partial charge in [-0.3, -0.25) is 9.79 Å². The zero-order valence-electron chi connectivity index (χ0n) is 17.1. The minimum Gasteiger partial charge on any atom is -0.790 e. The number of phosphoric ester groups is 1. The van der Waals surface area contributed by atoms with Gasteiger partial charge in [-0.2, -0.15) is 0 Å². The fraction of sp³-hybridized carbons (Fsp3) is 0.381. The standard InChI is InChI=1S/C21H21N2O8P/c1-2-21(30-11-31-32(26,27)28)15-8-17-18-13(7-12-5-3-4-6-16(12)22-18)9-23(17)19(24)14(15)10-29-20(21)25/h3-8,13,18H,2,9-11H2,1H3,(H2,26,27,28)/p-2. The first kappa shape index (κ1) is 21.2. The summed E-state index contributed by atoms with van der Waals surface area (Å²) in [4.78, 5) is 52.6. The van der Waals surface area contributed by atoms with Crippen molar-refractivity contribution in [2.45, 2.75) is 38.1 Å². The molecule has 5 rings (SSSR count). The summed E-state index contributed by atoms with van der Waals surface area (Å²) in [7, 11) is -5.31. The topological polar surface area (TPSA) is 142 Å². The molecule has 32 heavy (non-hydrogen) atoms. The first-order valence-electron chi connectivity index (χ1n) is 10.1. The van der Waals surface area contributed by atoms with Crippen LogP contribution < -0.4 is 25.9 Å². The third-order valence-corrected chi connectivity index (χ3v) is 6.69. The number of hydrogen-bond donors (Lipinski definition) is 0. The average molecular weight is 458 g/mol. The maximum atomic E-state index is 13.3. The van der Waals surface area contributed by atoms with E-state index in [-0.39, 0.29) is 41.7 Å². The van der Waals surface area contributed by atoms with E-state index in [1.54, 1.807) is 17.6 Å². The molecule has 0 saturated carbocycles. The summed E-state index contributed by atoms with van der Waals surface area (Å²) in [6, 6.07) is 9.10. The van der Waals surface area contributed by atoms with Crippen molar-refractivity contribution in [1.82, 2.24) is 4.57 Å². The van der Waals surface area contributed by atoms with E-state index in [9.17, 15) is 23.9 Å². The van der Waals surface area contributed by atoms with E-state index >= 15 is 0 Å². The van der Waals surface area contributed by atoms with E-state index in [2.05, 4.69) is 10.6 Å². The summed E-state index contributed by atoms with van der Waals surface area (Å²) in [5.74, 6) is -0.802. The normalized spacial score (nSPS) is 25.5. The molecule has 11 heteroatoms. The Labute approximate surface area is 182 Å². The fourth-order valence-corrected chi connectivity index (χ4v) is 4.91. The number of carbonyl (C=O) groups is 1. The first-order valence-corrected chi connectivity index (χ1v) is 11.6. The molecule has 2 aromatic rings. The van der Waals surface area contributed by atoms with Gasteiger partial charge in [-0.1, -0.05) is 31.2 Å². The van der Waals surface area contributed by atoms with Crippen LogP contribution in [0.2, 0.25) is 0 Å². The minimum absolute atomic E-state index is 0.0230. The largest absolute Gasteiger partial charge is 0.790 e. The molecule has 0 spiro atoms. The summed E-state index contributed by atoms with van der Waals surface area (Å²) >= 11 is 0. The second-order valence-electron chi connectivity index (χ2n) is 7.94. The highest BCUT2D eigenvalue weighted by Gasteiger charge is 2.49. The lowest BCUT2D eigenvalue weighted by Crippen LogP contribution is -2.47. The number of phosphoric acid groups is 1. The number of esters is 1. The van der Waals surface area contributed by atoms with Crippen LogP contribution in [0.15, 0.2) is 40.1 Å². The van der Waals surface area contributed by atoms with Gasteiger partial charge in [0.15, 0.2) is 12.4 Å². The molecule has 0 N–H and O–H groups in total. The molecule has 3 atom stereocenters. The van der Waals surface area contributed by atoms with Crippen LogP contribution in [-0.4, -0.2) is 17.3 Å². The number of cyclic esters (lactones) is 1. The third-order valence-electron chi connectivity index (χ3n) is 6.27. The first-order chi connectivity index (χ1) is 15.2. The molecule has 1 aromatic carbocycles. The van der Waals surface area contributed by atoms with E-state index in [0.717, 1.165) is 10.6 Å². The van der Waals surface area contributed by atoms with Crippen LogP contribution in [-0.2, 0) is 42.1 Å². The molecule has 0 amide bonds. The Morgan fingerprint density at radius 1 is 1.31 bits per heavy atom. The maximum Gasteiger partial charge on any atom is 0.343 e. The van der Waals surface area contributed by atoms with Gasteiger partial charge in [0.25, 0.3) is 5.56 Å². The van der Waals surface area contributed by atoms with Gasteiger partial charge in [-0.05, 0) is 23.8 Å². The lowest BCUT2D eigenvalue weighted by molar-refractivity contribution is -0.348. The Kier molecular flexibility index (Phi) is 4.96. The van der Waals surface area contributed by atoms with Crippen molar-refractivity contribution >= 4 is 19.9 Å². The van der Waals surface area contributed by atoms with Gasteiger partial charge < -0.3 is 32.9 Å². The zero-order chi connectivity index (χ0) is 22.7. The highest BCUT2D eigenvalue weighted by molar-refractivity contribution is 7.43. The van der Waals surface area contributed by atoms with Gasteiger partial charge in [0.2, 0.25) is 0 Å². The van der Waals surface area contributed by atoms with Crippen LogP contribution >= 0.6 is 7.82 Å². The number of aromatic nitrogens is 1. The van der Waals surface area contributed by atoms with Crippen molar-refractivity contribution in [3.63, 3.8) is 0 Å². The Morgan fingerprint density at radius 2 is 2.09 bits per heavy atom. The molecule has 168 valence electrons. The van der Waals surface area contributed by atoms with Gasteiger partial charge in [0.1, 0.15) is 6.61 Å². The molecular formula is C21H19N2O8P-2. The Bertz CT molecular complexity index is 1350. The van der Waals surface area contributed by atoms with Gasteiger partial charge in [0, 0.05) is 23.7 Å². The number of carbonyl (C=O) groups excluding carboxylic acids is 1. The number of benzene rings is 1. The average Bonchev–Trinajstić information content (AvgIpc) is 3.11. The summed E-state index contributed by atoms with van der Waals surface area (Å²) in [6.45, 7) is 0.878. The van der Waals surface area contributed by atoms with Crippen molar-refractivity contribution in [3.8, 4) is 0 Å². The minimum atomic E-state index is -5.31. The van der Waals surface area contributed by atoms with E-state index in [0.29, 0.717) is 12.2 Å². The SMILES string of the molecule is CCC1(OCOP(=O)([O-])[O-])C(=O)OCc2c1cc1n(c2=O)CC2C=c3ccccc3=NC12. The van der Waals surface area contributed by atoms with Crippen LogP contribution in [0.5, 0.6) is 0 Å². The van der Waals surface area contributed by atoms with Gasteiger partial charge in [0.05, 0.1) is 24.8 Å². The Balaban J connectivity index is 1.63. The third kappa shape index (κ3) is 3.27. The molecule has 4 heterocycles. The Hall–Kier alpha value is -2.62. The highest BCUT2D eigenvalue weighted by Crippen LogP contribution is 2.42. The lowest BCUT2D eigenvalue weighted by Gasteiger charge is -2.37. The summed E-state index contributed by atoms with van der Waals surface area (Å²) in [5.41, 5.74) is -0.907. The second-order valence-corrected chi connectivity index (χ2v) is 9.09. The molecule has 0 aliphatic carbocycles. The van der Waals surface area contributed by atoms with E-state index in [1.807, 2.05) is 24.3 Å².